The van der Waals surface area contributed by atoms with Crippen molar-refractivity contribution in [1.29, 1.82) is 0 Å². The van der Waals surface area contributed by atoms with E-state index in [4.69, 9.17) is 4.52 Å². The average molecular weight is 486 g/mol. The molecule has 0 saturated carbocycles. The molecule has 0 atom stereocenters. The van der Waals surface area contributed by atoms with Crippen molar-refractivity contribution in [3.8, 4) is 0 Å². The highest BCUT2D eigenvalue weighted by molar-refractivity contribution is 14.0. The van der Waals surface area contributed by atoms with Crippen LogP contribution in [0.3, 0.4) is 0 Å². The molecule has 1 rings (SSSR count). The van der Waals surface area contributed by atoms with Gasteiger partial charge in [0.25, 0.3) is 0 Å². The van der Waals surface area contributed by atoms with Crippen LogP contribution in [0.2, 0.25) is 0 Å². The zero-order valence-corrected chi connectivity index (χ0v) is 19.1. The molecule has 0 bridgehead atoms. The molecule has 1 aromatic heterocycles. The van der Waals surface area contributed by atoms with Gasteiger partial charge in [0.05, 0.1) is 17.0 Å². The number of nitrogens with one attached hydrogen (secondary N) is 2. The van der Waals surface area contributed by atoms with Crippen LogP contribution in [0.1, 0.15) is 57.9 Å². The second-order valence-electron chi connectivity index (χ2n) is 6.54. The minimum Gasteiger partial charge on any atom is -0.359 e. The third-order valence-corrected chi connectivity index (χ3v) is 6.47. The first kappa shape index (κ1) is 24.2. The number of aromatic nitrogens is 1. The van der Waals surface area contributed by atoms with Crippen molar-refractivity contribution in [2.75, 3.05) is 19.8 Å². The molecule has 9 heteroatoms. The van der Waals surface area contributed by atoms with Crippen molar-refractivity contribution < 1.29 is 12.9 Å². The van der Waals surface area contributed by atoms with Crippen LogP contribution < -0.4 is 10.6 Å². The van der Waals surface area contributed by atoms with Gasteiger partial charge in [-0.3, -0.25) is 4.99 Å². The van der Waals surface area contributed by atoms with Crippen LogP contribution in [0.25, 0.3) is 0 Å². The fourth-order valence-electron chi connectivity index (χ4n) is 2.13. The summed E-state index contributed by atoms with van der Waals surface area (Å²) in [6.45, 7) is 8.33. The molecule has 1 heterocycles. The van der Waals surface area contributed by atoms with Gasteiger partial charge >= 0.3 is 0 Å². The second-order valence-corrected chi connectivity index (χ2v) is 9.19. The first-order valence-electron chi connectivity index (χ1n) is 8.24. The Morgan fingerprint density at radius 3 is 2.40 bits per heavy atom. The molecule has 7 nitrogen and oxygen atoms in total. The van der Waals surface area contributed by atoms with Crippen LogP contribution in [0.4, 0.5) is 0 Å². The molecule has 0 aliphatic carbocycles. The summed E-state index contributed by atoms with van der Waals surface area (Å²) in [6.07, 6.45) is 3.29. The third-order valence-electron chi connectivity index (χ3n) is 4.32. The molecule has 146 valence electrons. The highest BCUT2D eigenvalue weighted by Crippen LogP contribution is 2.22. The molecule has 25 heavy (non-hydrogen) atoms. The highest BCUT2D eigenvalue weighted by Gasteiger charge is 2.30. The van der Waals surface area contributed by atoms with Crippen molar-refractivity contribution in [1.82, 2.24) is 15.8 Å². The molecule has 0 saturated heterocycles. The van der Waals surface area contributed by atoms with Crippen LogP contribution in [-0.4, -0.2) is 44.1 Å². The Morgan fingerprint density at radius 1 is 1.32 bits per heavy atom. The molecule has 1 aromatic rings. The number of halogens is 1. The van der Waals surface area contributed by atoms with E-state index in [0.29, 0.717) is 18.4 Å². The maximum atomic E-state index is 11.7. The van der Waals surface area contributed by atoms with Gasteiger partial charge in [-0.25, -0.2) is 8.42 Å². The Labute approximate surface area is 168 Å². The van der Waals surface area contributed by atoms with Gasteiger partial charge in [0, 0.05) is 31.8 Å². The van der Waals surface area contributed by atoms with Crippen molar-refractivity contribution in [3.63, 3.8) is 0 Å². The van der Waals surface area contributed by atoms with Gasteiger partial charge in [-0.1, -0.05) is 19.0 Å². The zero-order valence-electron chi connectivity index (χ0n) is 15.9. The standard InChI is InChI=1S/C16H30N4O3S.HI/c1-7-12(8-2)14-9-13(23-20-14)10-18-15(17-5)19-11-16(3,4)24(6,21)22;/h9,12H,7-8,10-11H2,1-6H3,(H2,17,18,19);1H. The summed E-state index contributed by atoms with van der Waals surface area (Å²) in [7, 11) is -1.52. The van der Waals surface area contributed by atoms with E-state index < -0.39 is 14.6 Å². The molecule has 0 aliphatic rings. The van der Waals surface area contributed by atoms with Gasteiger partial charge in [0.15, 0.2) is 21.6 Å². The van der Waals surface area contributed by atoms with Crippen LogP contribution in [0, 0.1) is 0 Å². The summed E-state index contributed by atoms with van der Waals surface area (Å²) >= 11 is 0. The van der Waals surface area contributed by atoms with E-state index in [1.807, 2.05) is 6.07 Å². The van der Waals surface area contributed by atoms with Crippen LogP contribution in [0.5, 0.6) is 0 Å². The van der Waals surface area contributed by atoms with Gasteiger partial charge in [-0.2, -0.15) is 0 Å². The minimum atomic E-state index is -3.16. The summed E-state index contributed by atoms with van der Waals surface area (Å²) in [4.78, 5) is 4.10. The first-order valence-corrected chi connectivity index (χ1v) is 10.1. The van der Waals surface area contributed by atoms with Crippen LogP contribution >= 0.6 is 24.0 Å². The van der Waals surface area contributed by atoms with Gasteiger partial charge < -0.3 is 15.2 Å². The van der Waals surface area contributed by atoms with Crippen LogP contribution in [0.15, 0.2) is 15.6 Å². The highest BCUT2D eigenvalue weighted by atomic mass is 127. The number of aliphatic imine (C=N–C) groups is 1. The Hall–Kier alpha value is -0.840. The molecular weight excluding hydrogens is 455 g/mol. The van der Waals surface area contributed by atoms with E-state index in [-0.39, 0.29) is 30.5 Å². The second kappa shape index (κ2) is 10.3. The topological polar surface area (TPSA) is 96.6 Å². The molecule has 0 aliphatic heterocycles. The minimum absolute atomic E-state index is 0. The first-order chi connectivity index (χ1) is 11.1. The normalized spacial score (nSPS) is 12.8. The Morgan fingerprint density at radius 2 is 1.92 bits per heavy atom. The van der Waals surface area contributed by atoms with Gasteiger partial charge in [-0.15, -0.1) is 24.0 Å². The number of nitrogens with zero attached hydrogens (tertiary/aromatic N) is 2. The fourth-order valence-corrected chi connectivity index (χ4v) is 2.47. The molecule has 0 spiro atoms. The predicted octanol–water partition coefficient (Wildman–Crippen LogP) is 2.68. The maximum Gasteiger partial charge on any atom is 0.191 e. The number of hydrogen-bond donors (Lipinski definition) is 2. The number of guanidine groups is 1. The van der Waals surface area contributed by atoms with Crippen molar-refractivity contribution >= 4 is 39.8 Å². The number of hydrogen-bond acceptors (Lipinski definition) is 5. The van der Waals surface area contributed by atoms with Crippen molar-refractivity contribution in [3.05, 3.63) is 17.5 Å². The largest absolute Gasteiger partial charge is 0.359 e. The molecule has 0 aromatic carbocycles. The zero-order chi connectivity index (χ0) is 18.4. The molecule has 0 fully saturated rings. The maximum absolute atomic E-state index is 11.7. The summed E-state index contributed by atoms with van der Waals surface area (Å²) in [5.41, 5.74) is 0.970. The van der Waals surface area contributed by atoms with Crippen molar-refractivity contribution in [2.24, 2.45) is 4.99 Å². The monoisotopic (exact) mass is 486 g/mol. The lowest BCUT2D eigenvalue weighted by atomic mass is 9.99. The molecule has 0 amide bonds. The quantitative estimate of drug-likeness (QED) is 0.333. The summed E-state index contributed by atoms with van der Waals surface area (Å²) in [6, 6.07) is 1.96. The Bertz CT molecular complexity index is 652. The SMILES string of the molecule is CCC(CC)c1cc(CNC(=NC)NCC(C)(C)S(C)(=O)=O)on1.I. The lowest BCUT2D eigenvalue weighted by Gasteiger charge is -2.24. The van der Waals surface area contributed by atoms with E-state index in [1.165, 1.54) is 6.26 Å². The summed E-state index contributed by atoms with van der Waals surface area (Å²) < 4.78 is 27.9. The molecule has 0 radical (unpaired) electrons. The van der Waals surface area contributed by atoms with Crippen LogP contribution in [-0.2, 0) is 16.4 Å². The molecule has 2 N–H and O–H groups in total. The summed E-state index contributed by atoms with van der Waals surface area (Å²) in [5, 5.41) is 10.3. The Kier molecular flexibility index (Phi) is 10.00. The molecule has 0 unspecified atom stereocenters. The third kappa shape index (κ3) is 7.12. The Balaban J connectivity index is 0.00000576. The van der Waals surface area contributed by atoms with Gasteiger partial charge in [0.1, 0.15) is 0 Å². The van der Waals surface area contributed by atoms with Gasteiger partial charge in [0.2, 0.25) is 0 Å². The van der Waals surface area contributed by atoms with E-state index >= 15 is 0 Å². The number of rotatable bonds is 8. The van der Waals surface area contributed by atoms with Gasteiger partial charge in [-0.05, 0) is 26.7 Å². The lowest BCUT2D eigenvalue weighted by Crippen LogP contribution is -2.47. The van der Waals surface area contributed by atoms with E-state index in [1.54, 1.807) is 20.9 Å². The molecular formula is C16H31IN4O3S. The average Bonchev–Trinajstić information content (AvgIpc) is 2.96. The van der Waals surface area contributed by atoms with E-state index in [0.717, 1.165) is 24.3 Å². The van der Waals surface area contributed by atoms with E-state index in [2.05, 4.69) is 34.6 Å². The predicted molar refractivity (Wildman–Crippen MR) is 112 cm³/mol. The lowest BCUT2D eigenvalue weighted by molar-refractivity contribution is 0.368. The van der Waals surface area contributed by atoms with Crippen molar-refractivity contribution in [2.45, 2.75) is 57.7 Å². The van der Waals surface area contributed by atoms with E-state index in [9.17, 15) is 8.42 Å². The fraction of sp³-hybridized carbons (Fsp3) is 0.750. The number of sulfone groups is 1. The smallest absolute Gasteiger partial charge is 0.191 e. The summed E-state index contributed by atoms with van der Waals surface area (Å²) in [5.74, 6) is 1.66.